The van der Waals surface area contributed by atoms with Crippen LogP contribution in [0.1, 0.15) is 22.8 Å². The van der Waals surface area contributed by atoms with Gasteiger partial charge in [-0.05, 0) is 36.2 Å². The van der Waals surface area contributed by atoms with E-state index >= 15 is 0 Å². The van der Waals surface area contributed by atoms with E-state index in [-0.39, 0.29) is 5.82 Å². The first-order chi connectivity index (χ1) is 8.58. The van der Waals surface area contributed by atoms with Crippen molar-refractivity contribution in [3.63, 3.8) is 0 Å². The standard InChI is InChI=1S/C15H16FNO/c1-10-4-2-3-5-11(10)8-15(18)13-9-12(16)6-7-14(13)17/h2-7,9,15,18H,8,17H2,1H3. The van der Waals surface area contributed by atoms with Crippen LogP contribution < -0.4 is 5.73 Å². The van der Waals surface area contributed by atoms with E-state index in [0.717, 1.165) is 11.1 Å². The van der Waals surface area contributed by atoms with Crippen LogP contribution in [0.25, 0.3) is 0 Å². The van der Waals surface area contributed by atoms with Crippen molar-refractivity contribution in [1.29, 1.82) is 0 Å². The van der Waals surface area contributed by atoms with Gasteiger partial charge in [0.2, 0.25) is 0 Å². The lowest BCUT2D eigenvalue weighted by molar-refractivity contribution is 0.178. The first-order valence-corrected chi connectivity index (χ1v) is 5.85. The number of benzene rings is 2. The van der Waals surface area contributed by atoms with Crippen molar-refractivity contribution in [3.05, 3.63) is 65.0 Å². The van der Waals surface area contributed by atoms with Crippen LogP contribution in [0.2, 0.25) is 0 Å². The van der Waals surface area contributed by atoms with Gasteiger partial charge in [0.15, 0.2) is 0 Å². The SMILES string of the molecule is Cc1ccccc1CC(O)c1cc(F)ccc1N. The second-order valence-corrected chi connectivity index (χ2v) is 4.42. The van der Waals surface area contributed by atoms with Crippen LogP contribution in [0.5, 0.6) is 0 Å². The number of rotatable bonds is 3. The van der Waals surface area contributed by atoms with E-state index in [9.17, 15) is 9.50 Å². The maximum absolute atomic E-state index is 13.2. The average molecular weight is 245 g/mol. The van der Waals surface area contributed by atoms with E-state index in [2.05, 4.69) is 0 Å². The number of anilines is 1. The summed E-state index contributed by atoms with van der Waals surface area (Å²) in [7, 11) is 0. The van der Waals surface area contributed by atoms with Crippen LogP contribution in [0.3, 0.4) is 0 Å². The summed E-state index contributed by atoms with van der Waals surface area (Å²) in [6, 6.07) is 11.9. The molecule has 0 fully saturated rings. The molecule has 2 aromatic rings. The monoisotopic (exact) mass is 245 g/mol. The van der Waals surface area contributed by atoms with E-state index in [0.29, 0.717) is 17.7 Å². The van der Waals surface area contributed by atoms with Crippen molar-refractivity contribution < 1.29 is 9.50 Å². The number of hydrogen-bond donors (Lipinski definition) is 2. The smallest absolute Gasteiger partial charge is 0.123 e. The maximum atomic E-state index is 13.2. The van der Waals surface area contributed by atoms with Gasteiger partial charge in [-0.3, -0.25) is 0 Å². The Morgan fingerprint density at radius 3 is 2.67 bits per heavy atom. The Morgan fingerprint density at radius 2 is 1.94 bits per heavy atom. The molecular weight excluding hydrogens is 229 g/mol. The third kappa shape index (κ3) is 2.68. The summed E-state index contributed by atoms with van der Waals surface area (Å²) >= 11 is 0. The fourth-order valence-electron chi connectivity index (χ4n) is 1.99. The van der Waals surface area contributed by atoms with E-state index in [1.54, 1.807) is 0 Å². The minimum atomic E-state index is -0.790. The summed E-state index contributed by atoms with van der Waals surface area (Å²) in [5.41, 5.74) is 8.75. The van der Waals surface area contributed by atoms with Crippen LogP contribution in [0.15, 0.2) is 42.5 Å². The Kier molecular flexibility index (Phi) is 3.63. The number of aryl methyl sites for hydroxylation is 1. The van der Waals surface area contributed by atoms with Gasteiger partial charge in [0, 0.05) is 17.7 Å². The summed E-state index contributed by atoms with van der Waals surface area (Å²) in [4.78, 5) is 0. The normalized spacial score (nSPS) is 12.4. The highest BCUT2D eigenvalue weighted by Gasteiger charge is 2.13. The summed E-state index contributed by atoms with van der Waals surface area (Å²) < 4.78 is 13.2. The topological polar surface area (TPSA) is 46.2 Å². The molecule has 3 N–H and O–H groups in total. The van der Waals surface area contributed by atoms with Crippen LogP contribution in [0, 0.1) is 12.7 Å². The number of halogens is 1. The van der Waals surface area contributed by atoms with Crippen molar-refractivity contribution >= 4 is 5.69 Å². The predicted octanol–water partition coefficient (Wildman–Crippen LogP) is 2.99. The number of aliphatic hydroxyl groups excluding tert-OH is 1. The Morgan fingerprint density at radius 1 is 1.22 bits per heavy atom. The zero-order valence-electron chi connectivity index (χ0n) is 10.2. The third-order valence-corrected chi connectivity index (χ3v) is 3.08. The van der Waals surface area contributed by atoms with Crippen molar-refractivity contribution in [2.75, 3.05) is 5.73 Å². The molecule has 3 heteroatoms. The van der Waals surface area contributed by atoms with Gasteiger partial charge in [-0.15, -0.1) is 0 Å². The Bertz CT molecular complexity index is 554. The van der Waals surface area contributed by atoms with E-state index < -0.39 is 6.10 Å². The van der Waals surface area contributed by atoms with Crippen LogP contribution in [-0.4, -0.2) is 5.11 Å². The van der Waals surface area contributed by atoms with Crippen LogP contribution in [-0.2, 0) is 6.42 Å². The minimum Gasteiger partial charge on any atom is -0.398 e. The van der Waals surface area contributed by atoms with Crippen molar-refractivity contribution in [3.8, 4) is 0 Å². The van der Waals surface area contributed by atoms with Gasteiger partial charge in [0.25, 0.3) is 0 Å². The molecule has 0 aliphatic carbocycles. The van der Waals surface area contributed by atoms with Gasteiger partial charge in [-0.2, -0.15) is 0 Å². The summed E-state index contributed by atoms with van der Waals surface area (Å²) in [5, 5.41) is 10.2. The molecule has 0 spiro atoms. The van der Waals surface area contributed by atoms with Crippen LogP contribution >= 0.6 is 0 Å². The molecule has 0 aromatic heterocycles. The molecule has 0 heterocycles. The molecule has 0 amide bonds. The maximum Gasteiger partial charge on any atom is 0.123 e. The first kappa shape index (κ1) is 12.6. The fourth-order valence-corrected chi connectivity index (χ4v) is 1.99. The molecule has 0 radical (unpaired) electrons. The van der Waals surface area contributed by atoms with Gasteiger partial charge in [-0.25, -0.2) is 4.39 Å². The highest BCUT2D eigenvalue weighted by atomic mass is 19.1. The molecule has 2 nitrogen and oxygen atoms in total. The van der Waals surface area contributed by atoms with Gasteiger partial charge in [-0.1, -0.05) is 24.3 Å². The second-order valence-electron chi connectivity index (χ2n) is 4.42. The zero-order chi connectivity index (χ0) is 13.1. The third-order valence-electron chi connectivity index (χ3n) is 3.08. The molecule has 2 rings (SSSR count). The lowest BCUT2D eigenvalue weighted by atomic mass is 9.97. The van der Waals surface area contributed by atoms with Crippen molar-refractivity contribution in [1.82, 2.24) is 0 Å². The van der Waals surface area contributed by atoms with Gasteiger partial charge in [0.1, 0.15) is 5.82 Å². The first-order valence-electron chi connectivity index (χ1n) is 5.85. The lowest BCUT2D eigenvalue weighted by Gasteiger charge is -2.15. The predicted molar refractivity (Wildman–Crippen MR) is 70.7 cm³/mol. The largest absolute Gasteiger partial charge is 0.398 e. The molecule has 0 saturated heterocycles. The summed E-state index contributed by atoms with van der Waals surface area (Å²) in [6.07, 6.45) is -0.359. The Hall–Kier alpha value is -1.87. The summed E-state index contributed by atoms with van der Waals surface area (Å²) in [5.74, 6) is -0.386. The molecule has 1 unspecified atom stereocenters. The molecular formula is C15H16FNO. The molecule has 0 saturated carbocycles. The van der Waals surface area contributed by atoms with Crippen molar-refractivity contribution in [2.24, 2.45) is 0 Å². The van der Waals surface area contributed by atoms with Crippen molar-refractivity contribution in [2.45, 2.75) is 19.4 Å². The number of hydrogen-bond acceptors (Lipinski definition) is 2. The molecule has 18 heavy (non-hydrogen) atoms. The highest BCUT2D eigenvalue weighted by molar-refractivity contribution is 5.48. The molecule has 0 aliphatic heterocycles. The number of nitrogen functional groups attached to an aromatic ring is 1. The van der Waals surface area contributed by atoms with Gasteiger partial charge in [0.05, 0.1) is 6.10 Å². The molecule has 1 atom stereocenters. The van der Waals surface area contributed by atoms with Gasteiger partial charge < -0.3 is 10.8 Å². The molecule has 0 aliphatic rings. The van der Waals surface area contributed by atoms with E-state index in [1.165, 1.54) is 18.2 Å². The minimum absolute atomic E-state index is 0.386. The molecule has 0 bridgehead atoms. The molecule has 2 aromatic carbocycles. The number of aliphatic hydroxyl groups is 1. The van der Waals surface area contributed by atoms with Gasteiger partial charge >= 0.3 is 0 Å². The average Bonchev–Trinajstić information content (AvgIpc) is 2.35. The lowest BCUT2D eigenvalue weighted by Crippen LogP contribution is -2.06. The zero-order valence-corrected chi connectivity index (χ0v) is 10.2. The number of nitrogens with two attached hydrogens (primary N) is 1. The second kappa shape index (κ2) is 5.19. The van der Waals surface area contributed by atoms with Crippen LogP contribution in [0.4, 0.5) is 10.1 Å². The van der Waals surface area contributed by atoms with E-state index in [1.807, 2.05) is 31.2 Å². The quantitative estimate of drug-likeness (QED) is 0.816. The highest BCUT2D eigenvalue weighted by Crippen LogP contribution is 2.25. The fraction of sp³-hybridized carbons (Fsp3) is 0.200. The molecule has 94 valence electrons. The Balaban J connectivity index is 2.25. The Labute approximate surface area is 106 Å². The summed E-state index contributed by atoms with van der Waals surface area (Å²) in [6.45, 7) is 1.98. The van der Waals surface area contributed by atoms with E-state index in [4.69, 9.17) is 5.73 Å².